The van der Waals surface area contributed by atoms with Crippen LogP contribution in [-0.4, -0.2) is 16.4 Å². The van der Waals surface area contributed by atoms with Gasteiger partial charge in [0, 0.05) is 5.54 Å². The van der Waals surface area contributed by atoms with Crippen LogP contribution in [0.3, 0.4) is 0 Å². The Kier molecular flexibility index (Phi) is 4.76. The predicted octanol–water partition coefficient (Wildman–Crippen LogP) is 4.11. The van der Waals surface area contributed by atoms with Gasteiger partial charge in [-0.15, -0.1) is 0 Å². The average molecular weight is 353 g/mol. The zero-order valence-corrected chi connectivity index (χ0v) is 14.0. The number of rotatable bonds is 7. The molecule has 24 heavy (non-hydrogen) atoms. The number of halogens is 2. The quantitative estimate of drug-likeness (QED) is 0.814. The summed E-state index contributed by atoms with van der Waals surface area (Å²) in [6.45, 7) is 2.09. The van der Waals surface area contributed by atoms with Crippen molar-refractivity contribution in [2.75, 3.05) is 0 Å². The Labute approximate surface area is 144 Å². The largest absolute Gasteiger partial charge is 0.482 e. The van der Waals surface area contributed by atoms with Gasteiger partial charge in [-0.3, -0.25) is 4.79 Å². The fraction of sp³-hybridized carbons (Fsp3) is 0.412. The molecule has 1 heterocycles. The van der Waals surface area contributed by atoms with Crippen molar-refractivity contribution in [2.45, 2.75) is 44.8 Å². The summed E-state index contributed by atoms with van der Waals surface area (Å²) in [6, 6.07) is 3.84. The molecule has 0 bridgehead atoms. The van der Waals surface area contributed by atoms with Crippen molar-refractivity contribution in [1.29, 1.82) is 0 Å². The molecule has 1 fully saturated rings. The highest BCUT2D eigenvalue weighted by molar-refractivity contribution is 6.32. The van der Waals surface area contributed by atoms with Gasteiger partial charge in [-0.05, 0) is 37.5 Å². The van der Waals surface area contributed by atoms with Crippen LogP contribution in [0, 0.1) is 5.82 Å². The third-order valence-corrected chi connectivity index (χ3v) is 4.29. The first-order valence-corrected chi connectivity index (χ1v) is 8.24. The maximum absolute atomic E-state index is 13.0. The van der Waals surface area contributed by atoms with Crippen LogP contribution in [0.15, 0.2) is 28.9 Å². The second kappa shape index (κ2) is 6.81. The van der Waals surface area contributed by atoms with Crippen LogP contribution in [0.2, 0.25) is 5.02 Å². The predicted molar refractivity (Wildman–Crippen MR) is 86.6 cm³/mol. The first kappa shape index (κ1) is 16.8. The van der Waals surface area contributed by atoms with Gasteiger partial charge in [0.05, 0.1) is 5.02 Å². The summed E-state index contributed by atoms with van der Waals surface area (Å²) in [7, 11) is 0. The summed E-state index contributed by atoms with van der Waals surface area (Å²) >= 11 is 5.88. The minimum Gasteiger partial charge on any atom is -0.482 e. The molecule has 0 atom stereocenters. The van der Waals surface area contributed by atoms with Crippen molar-refractivity contribution in [2.24, 2.45) is 0 Å². The monoisotopic (exact) mass is 352 g/mol. The molecule has 1 aliphatic rings. The van der Waals surface area contributed by atoms with E-state index >= 15 is 0 Å². The van der Waals surface area contributed by atoms with Crippen molar-refractivity contribution < 1.29 is 18.3 Å². The highest BCUT2D eigenvalue weighted by Gasteiger charge is 2.43. The van der Waals surface area contributed by atoms with Crippen LogP contribution in [-0.2, 0) is 6.61 Å². The molecule has 1 saturated carbocycles. The fourth-order valence-corrected chi connectivity index (χ4v) is 2.81. The van der Waals surface area contributed by atoms with Gasteiger partial charge in [0.2, 0.25) is 5.89 Å². The minimum absolute atomic E-state index is 0.00125. The second-order valence-corrected chi connectivity index (χ2v) is 6.38. The Morgan fingerprint density at radius 1 is 1.50 bits per heavy atom. The van der Waals surface area contributed by atoms with Crippen LogP contribution in [0.1, 0.15) is 49.0 Å². The minimum atomic E-state index is -0.441. The van der Waals surface area contributed by atoms with E-state index in [0.717, 1.165) is 31.7 Å². The number of carbonyl (C=O) groups excluding carboxylic acids is 1. The molecule has 0 aliphatic heterocycles. The zero-order valence-electron chi connectivity index (χ0n) is 13.3. The van der Waals surface area contributed by atoms with Gasteiger partial charge < -0.3 is 14.5 Å². The molecule has 1 aliphatic carbocycles. The first-order chi connectivity index (χ1) is 11.5. The Morgan fingerprint density at radius 3 is 2.96 bits per heavy atom. The highest BCUT2D eigenvalue weighted by Crippen LogP contribution is 2.39. The van der Waals surface area contributed by atoms with E-state index in [0.29, 0.717) is 5.75 Å². The van der Waals surface area contributed by atoms with Crippen LogP contribution in [0.25, 0.3) is 0 Å². The Bertz CT molecular complexity index is 743. The smallest absolute Gasteiger partial charge is 0.273 e. The van der Waals surface area contributed by atoms with E-state index in [4.69, 9.17) is 20.8 Å². The molecule has 5 nitrogen and oxygen atoms in total. The summed E-state index contributed by atoms with van der Waals surface area (Å²) in [5.41, 5.74) is 0.157. The van der Waals surface area contributed by atoms with E-state index in [2.05, 4.69) is 17.2 Å². The summed E-state index contributed by atoms with van der Waals surface area (Å²) in [4.78, 5) is 16.3. The molecular weight excluding hydrogens is 335 g/mol. The third kappa shape index (κ3) is 3.87. The van der Waals surface area contributed by atoms with Gasteiger partial charge in [0.25, 0.3) is 5.91 Å². The van der Waals surface area contributed by atoms with E-state index in [-0.39, 0.29) is 34.7 Å². The van der Waals surface area contributed by atoms with Gasteiger partial charge in [0.1, 0.15) is 17.8 Å². The highest BCUT2D eigenvalue weighted by atomic mass is 35.5. The topological polar surface area (TPSA) is 64.4 Å². The Hall–Kier alpha value is -2.08. The van der Waals surface area contributed by atoms with E-state index in [1.165, 1.54) is 18.4 Å². The summed E-state index contributed by atoms with van der Waals surface area (Å²) in [6.07, 6.45) is 5.31. The number of carbonyl (C=O) groups is 1. The van der Waals surface area contributed by atoms with Crippen molar-refractivity contribution in [1.82, 2.24) is 10.3 Å². The summed E-state index contributed by atoms with van der Waals surface area (Å²) < 4.78 is 23.7. The standard InChI is InChI=1S/C17H18ClFN2O3/c1-2-5-17(6-7-17)21-16(22)13-9-24-15(20-13)10-23-14-4-3-11(19)8-12(14)18/h3-4,8-9H,2,5-7,10H2,1H3,(H,21,22). The second-order valence-electron chi connectivity index (χ2n) is 5.97. The molecule has 1 aromatic heterocycles. The van der Waals surface area contributed by atoms with Crippen molar-refractivity contribution >= 4 is 17.5 Å². The van der Waals surface area contributed by atoms with E-state index in [1.807, 2.05) is 0 Å². The molecule has 2 aromatic rings. The van der Waals surface area contributed by atoms with Crippen molar-refractivity contribution in [3.8, 4) is 5.75 Å². The summed E-state index contributed by atoms with van der Waals surface area (Å²) in [5.74, 6) is -0.109. The number of oxazole rings is 1. The molecule has 0 unspecified atom stereocenters. The SMILES string of the molecule is CCCC1(NC(=O)c2coc(COc3ccc(F)cc3Cl)n2)CC1. The fourth-order valence-electron chi connectivity index (χ4n) is 2.59. The van der Waals surface area contributed by atoms with Crippen molar-refractivity contribution in [3.63, 3.8) is 0 Å². The molecule has 1 N–H and O–H groups in total. The molecule has 0 spiro atoms. The lowest BCUT2D eigenvalue weighted by Gasteiger charge is -2.14. The zero-order chi connectivity index (χ0) is 17.2. The molecule has 0 radical (unpaired) electrons. The van der Waals surface area contributed by atoms with Crippen LogP contribution in [0.5, 0.6) is 5.75 Å². The first-order valence-electron chi connectivity index (χ1n) is 7.86. The maximum atomic E-state index is 13.0. The average Bonchev–Trinajstić information content (AvgIpc) is 3.11. The van der Waals surface area contributed by atoms with Crippen LogP contribution < -0.4 is 10.1 Å². The maximum Gasteiger partial charge on any atom is 0.273 e. The molecule has 7 heteroatoms. The number of aromatic nitrogens is 1. The van der Waals surface area contributed by atoms with E-state index in [1.54, 1.807) is 0 Å². The van der Waals surface area contributed by atoms with Gasteiger partial charge in [0.15, 0.2) is 12.3 Å². The number of benzene rings is 1. The van der Waals surface area contributed by atoms with Gasteiger partial charge in [-0.1, -0.05) is 24.9 Å². The lowest BCUT2D eigenvalue weighted by Crippen LogP contribution is -2.36. The number of nitrogens with zero attached hydrogens (tertiary/aromatic N) is 1. The van der Waals surface area contributed by atoms with Gasteiger partial charge >= 0.3 is 0 Å². The molecule has 1 amide bonds. The van der Waals surface area contributed by atoms with Crippen LogP contribution >= 0.6 is 11.6 Å². The lowest BCUT2D eigenvalue weighted by molar-refractivity contribution is 0.0924. The Morgan fingerprint density at radius 2 is 2.29 bits per heavy atom. The van der Waals surface area contributed by atoms with Crippen molar-refractivity contribution in [3.05, 3.63) is 46.9 Å². The number of ether oxygens (including phenoxy) is 1. The molecule has 0 saturated heterocycles. The number of nitrogens with one attached hydrogen (secondary N) is 1. The molecule has 1 aromatic carbocycles. The normalized spacial score (nSPS) is 15.1. The number of hydrogen-bond acceptors (Lipinski definition) is 4. The molecule has 3 rings (SSSR count). The number of hydrogen-bond donors (Lipinski definition) is 1. The molecular formula is C17H18ClFN2O3. The van der Waals surface area contributed by atoms with Crippen LogP contribution in [0.4, 0.5) is 4.39 Å². The van der Waals surface area contributed by atoms with Gasteiger partial charge in [-0.25, -0.2) is 9.37 Å². The van der Waals surface area contributed by atoms with E-state index < -0.39 is 5.82 Å². The van der Waals surface area contributed by atoms with E-state index in [9.17, 15) is 9.18 Å². The van der Waals surface area contributed by atoms with Gasteiger partial charge in [-0.2, -0.15) is 0 Å². The third-order valence-electron chi connectivity index (χ3n) is 3.99. The summed E-state index contributed by atoms with van der Waals surface area (Å²) in [5, 5.41) is 3.18. The number of amides is 1. The lowest BCUT2D eigenvalue weighted by atomic mass is 10.1. The molecule has 128 valence electrons. The Balaban J connectivity index is 1.58.